The number of rotatable bonds is 4. The molecule has 0 atom stereocenters. The maximum atomic E-state index is 12.7. The van der Waals surface area contributed by atoms with Gasteiger partial charge in [0.05, 0.1) is 34.4 Å². The van der Waals surface area contributed by atoms with Crippen molar-refractivity contribution in [3.63, 3.8) is 0 Å². The van der Waals surface area contributed by atoms with E-state index in [0.29, 0.717) is 27.5 Å². The van der Waals surface area contributed by atoms with Crippen LogP contribution in [0.15, 0.2) is 54.7 Å². The number of hydrogen-bond donors (Lipinski definition) is 2. The fraction of sp³-hybridized carbons (Fsp3) is 0.105. The van der Waals surface area contributed by atoms with Gasteiger partial charge in [0, 0.05) is 12.1 Å². The zero-order valence-corrected chi connectivity index (χ0v) is 15.0. The van der Waals surface area contributed by atoms with Crippen molar-refractivity contribution in [3.05, 3.63) is 76.6 Å². The molecule has 132 valence electrons. The number of amides is 2. The molecule has 6 nitrogen and oxygen atoms in total. The highest BCUT2D eigenvalue weighted by atomic mass is 35.5. The minimum atomic E-state index is -0.341. The van der Waals surface area contributed by atoms with Gasteiger partial charge in [0.15, 0.2) is 0 Å². The van der Waals surface area contributed by atoms with Crippen LogP contribution >= 0.6 is 11.6 Å². The number of halogens is 1. The summed E-state index contributed by atoms with van der Waals surface area (Å²) in [6, 6.07) is 14.0. The third-order valence-electron chi connectivity index (χ3n) is 3.95. The van der Waals surface area contributed by atoms with E-state index in [-0.39, 0.29) is 11.8 Å². The van der Waals surface area contributed by atoms with Crippen LogP contribution in [-0.4, -0.2) is 28.6 Å². The van der Waals surface area contributed by atoms with E-state index >= 15 is 0 Å². The molecule has 0 unspecified atom stereocenters. The van der Waals surface area contributed by atoms with Crippen LogP contribution in [0.2, 0.25) is 5.02 Å². The Morgan fingerprint density at radius 1 is 1.04 bits per heavy atom. The molecule has 0 radical (unpaired) electrons. The number of benzene rings is 2. The van der Waals surface area contributed by atoms with Crippen molar-refractivity contribution in [1.29, 1.82) is 0 Å². The van der Waals surface area contributed by atoms with Crippen LogP contribution in [0.3, 0.4) is 0 Å². The summed E-state index contributed by atoms with van der Waals surface area (Å²) in [5.74, 6) is -0.612. The molecule has 1 aromatic heterocycles. The lowest BCUT2D eigenvalue weighted by atomic mass is 10.1. The lowest BCUT2D eigenvalue weighted by molar-refractivity contribution is 0.0964. The second-order valence-electron chi connectivity index (χ2n) is 5.61. The first kappa shape index (κ1) is 17.7. The average Bonchev–Trinajstić information content (AvgIpc) is 3.03. The van der Waals surface area contributed by atoms with Gasteiger partial charge in [-0.2, -0.15) is 5.10 Å². The van der Waals surface area contributed by atoms with Crippen molar-refractivity contribution >= 4 is 29.1 Å². The van der Waals surface area contributed by atoms with Crippen LogP contribution in [0.4, 0.5) is 5.69 Å². The topological polar surface area (TPSA) is 76.0 Å². The van der Waals surface area contributed by atoms with Crippen molar-refractivity contribution in [2.45, 2.75) is 6.92 Å². The number of hydrogen-bond acceptors (Lipinski definition) is 3. The number of anilines is 1. The molecule has 0 aliphatic heterocycles. The first-order chi connectivity index (χ1) is 12.5. The van der Waals surface area contributed by atoms with E-state index < -0.39 is 0 Å². The molecule has 26 heavy (non-hydrogen) atoms. The van der Waals surface area contributed by atoms with E-state index in [1.54, 1.807) is 55.1 Å². The van der Waals surface area contributed by atoms with E-state index in [1.807, 2.05) is 12.1 Å². The van der Waals surface area contributed by atoms with Crippen LogP contribution in [0, 0.1) is 6.92 Å². The number of aromatic nitrogens is 2. The van der Waals surface area contributed by atoms with Gasteiger partial charge in [0.1, 0.15) is 0 Å². The summed E-state index contributed by atoms with van der Waals surface area (Å²) in [5.41, 5.74) is 2.67. The maximum absolute atomic E-state index is 12.7. The standard InChI is InChI=1S/C19H17ClN4O2/c1-12-16(11-22-24(12)14-7-5-6-13(20)10-14)19(26)23-17-9-4-3-8-15(17)18(25)21-2/h3-11H,1-2H3,(H,21,25)(H,23,26). The smallest absolute Gasteiger partial charge is 0.259 e. The molecular weight excluding hydrogens is 352 g/mol. The summed E-state index contributed by atoms with van der Waals surface area (Å²) in [5, 5.41) is 10.2. The monoisotopic (exact) mass is 368 g/mol. The molecule has 3 rings (SSSR count). The molecule has 7 heteroatoms. The lowest BCUT2D eigenvalue weighted by Crippen LogP contribution is -2.21. The molecular formula is C19H17ClN4O2. The van der Waals surface area contributed by atoms with Crippen LogP contribution in [0.5, 0.6) is 0 Å². The van der Waals surface area contributed by atoms with Crippen LogP contribution < -0.4 is 10.6 Å². The highest BCUT2D eigenvalue weighted by molar-refractivity contribution is 6.30. The number of nitrogens with one attached hydrogen (secondary N) is 2. The Labute approximate surface area is 155 Å². The van der Waals surface area contributed by atoms with Gasteiger partial charge in [0.2, 0.25) is 0 Å². The average molecular weight is 369 g/mol. The highest BCUT2D eigenvalue weighted by Crippen LogP contribution is 2.20. The molecule has 0 spiro atoms. The number of carbonyl (C=O) groups is 2. The second kappa shape index (κ2) is 7.41. The summed E-state index contributed by atoms with van der Waals surface area (Å²) >= 11 is 6.03. The van der Waals surface area contributed by atoms with Crippen LogP contribution in [-0.2, 0) is 0 Å². The highest BCUT2D eigenvalue weighted by Gasteiger charge is 2.18. The zero-order valence-electron chi connectivity index (χ0n) is 14.3. The van der Waals surface area contributed by atoms with Crippen LogP contribution in [0.1, 0.15) is 26.4 Å². The minimum absolute atomic E-state index is 0.271. The predicted octanol–water partition coefficient (Wildman–Crippen LogP) is 3.45. The van der Waals surface area contributed by atoms with Gasteiger partial charge in [0.25, 0.3) is 11.8 Å². The third-order valence-corrected chi connectivity index (χ3v) is 4.19. The largest absolute Gasteiger partial charge is 0.355 e. The molecule has 0 bridgehead atoms. The zero-order chi connectivity index (χ0) is 18.7. The van der Waals surface area contributed by atoms with Crippen molar-refractivity contribution in [1.82, 2.24) is 15.1 Å². The van der Waals surface area contributed by atoms with Gasteiger partial charge >= 0.3 is 0 Å². The van der Waals surface area contributed by atoms with Gasteiger partial charge < -0.3 is 10.6 Å². The SMILES string of the molecule is CNC(=O)c1ccccc1NC(=O)c1cnn(-c2cccc(Cl)c2)c1C. The fourth-order valence-electron chi connectivity index (χ4n) is 2.62. The minimum Gasteiger partial charge on any atom is -0.355 e. The Balaban J connectivity index is 1.90. The van der Waals surface area contributed by atoms with Gasteiger partial charge in [-0.3, -0.25) is 9.59 Å². The van der Waals surface area contributed by atoms with Crippen molar-refractivity contribution < 1.29 is 9.59 Å². The maximum Gasteiger partial charge on any atom is 0.259 e. The third kappa shape index (κ3) is 3.45. The van der Waals surface area contributed by atoms with Gasteiger partial charge in [-0.1, -0.05) is 29.8 Å². The Hall–Kier alpha value is -3.12. The summed E-state index contributed by atoms with van der Waals surface area (Å²) in [6.45, 7) is 1.80. The van der Waals surface area contributed by atoms with E-state index in [2.05, 4.69) is 15.7 Å². The first-order valence-electron chi connectivity index (χ1n) is 7.94. The number of para-hydroxylation sites is 1. The summed E-state index contributed by atoms with van der Waals surface area (Å²) in [6.07, 6.45) is 1.49. The Morgan fingerprint density at radius 2 is 1.81 bits per heavy atom. The lowest BCUT2D eigenvalue weighted by Gasteiger charge is -2.10. The number of carbonyl (C=O) groups excluding carboxylic acids is 2. The molecule has 0 fully saturated rings. The summed E-state index contributed by atoms with van der Waals surface area (Å²) in [4.78, 5) is 24.6. The Bertz CT molecular complexity index is 981. The second-order valence-corrected chi connectivity index (χ2v) is 6.05. The summed E-state index contributed by atoms with van der Waals surface area (Å²) in [7, 11) is 1.54. The van der Waals surface area contributed by atoms with E-state index in [0.717, 1.165) is 5.69 Å². The number of nitrogens with zero attached hydrogens (tertiary/aromatic N) is 2. The van der Waals surface area contributed by atoms with E-state index in [4.69, 9.17) is 11.6 Å². The molecule has 2 aromatic carbocycles. The normalized spacial score (nSPS) is 10.4. The van der Waals surface area contributed by atoms with Gasteiger partial charge in [-0.25, -0.2) is 4.68 Å². The van der Waals surface area contributed by atoms with Crippen molar-refractivity contribution in [2.24, 2.45) is 0 Å². The molecule has 1 heterocycles. The quantitative estimate of drug-likeness (QED) is 0.740. The molecule has 2 N–H and O–H groups in total. The van der Waals surface area contributed by atoms with Crippen LogP contribution in [0.25, 0.3) is 5.69 Å². The predicted molar refractivity (Wildman–Crippen MR) is 101 cm³/mol. The Morgan fingerprint density at radius 3 is 2.54 bits per heavy atom. The Kier molecular flexibility index (Phi) is 5.04. The van der Waals surface area contributed by atoms with E-state index in [9.17, 15) is 9.59 Å². The molecule has 2 amide bonds. The molecule has 3 aromatic rings. The van der Waals surface area contributed by atoms with Gasteiger partial charge in [-0.15, -0.1) is 0 Å². The van der Waals surface area contributed by atoms with E-state index in [1.165, 1.54) is 6.20 Å². The molecule has 0 saturated carbocycles. The van der Waals surface area contributed by atoms with Crippen molar-refractivity contribution in [3.8, 4) is 5.69 Å². The fourth-order valence-corrected chi connectivity index (χ4v) is 2.80. The first-order valence-corrected chi connectivity index (χ1v) is 8.32. The molecule has 0 aliphatic carbocycles. The summed E-state index contributed by atoms with van der Waals surface area (Å²) < 4.78 is 1.64. The molecule has 0 saturated heterocycles. The van der Waals surface area contributed by atoms with Crippen molar-refractivity contribution in [2.75, 3.05) is 12.4 Å². The van der Waals surface area contributed by atoms with Gasteiger partial charge in [-0.05, 0) is 37.3 Å². The molecule has 0 aliphatic rings.